The molecule has 2 aromatic carbocycles. The van der Waals surface area contributed by atoms with Gasteiger partial charge in [0.1, 0.15) is 5.75 Å². The minimum atomic E-state index is 0.0241. The van der Waals surface area contributed by atoms with Crippen molar-refractivity contribution in [1.29, 1.82) is 0 Å². The zero-order valence-electron chi connectivity index (χ0n) is 16.4. The molecule has 2 aromatic rings. The van der Waals surface area contributed by atoms with Crippen molar-refractivity contribution in [3.05, 3.63) is 65.7 Å². The van der Waals surface area contributed by atoms with Crippen molar-refractivity contribution in [2.75, 3.05) is 19.7 Å². The predicted octanol–water partition coefficient (Wildman–Crippen LogP) is 3.66. The molecule has 1 fully saturated rings. The van der Waals surface area contributed by atoms with E-state index in [-0.39, 0.29) is 12.5 Å². The van der Waals surface area contributed by atoms with Gasteiger partial charge in [-0.05, 0) is 37.0 Å². The second kappa shape index (κ2) is 11.3. The highest BCUT2D eigenvalue weighted by atomic mass is 32.2. The Morgan fingerprint density at radius 3 is 2.59 bits per heavy atom. The molecule has 7 heteroatoms. The minimum absolute atomic E-state index is 0.0241. The van der Waals surface area contributed by atoms with Crippen LogP contribution in [0.4, 0.5) is 0 Å². The Kier molecular flexibility index (Phi) is 8.12. The highest BCUT2D eigenvalue weighted by Crippen LogP contribution is 2.17. The first-order valence-electron chi connectivity index (χ1n) is 9.75. The van der Waals surface area contributed by atoms with E-state index in [4.69, 9.17) is 10.5 Å². The lowest BCUT2D eigenvalue weighted by atomic mass is 10.1. The van der Waals surface area contributed by atoms with Gasteiger partial charge >= 0.3 is 0 Å². The number of hydrogen-bond acceptors (Lipinski definition) is 5. The number of amidine groups is 1. The lowest BCUT2D eigenvalue weighted by Crippen LogP contribution is -2.38. The van der Waals surface area contributed by atoms with Crippen LogP contribution in [0.5, 0.6) is 5.75 Å². The molecule has 1 aliphatic heterocycles. The number of piperidine rings is 1. The number of rotatable bonds is 7. The second-order valence-electron chi connectivity index (χ2n) is 6.73. The first-order chi connectivity index (χ1) is 14.2. The highest BCUT2D eigenvalue weighted by Gasteiger charge is 2.17. The van der Waals surface area contributed by atoms with Crippen LogP contribution in [-0.2, 0) is 10.5 Å². The summed E-state index contributed by atoms with van der Waals surface area (Å²) in [7, 11) is 0. The fourth-order valence-corrected chi connectivity index (χ4v) is 3.61. The molecule has 3 rings (SSSR count). The summed E-state index contributed by atoms with van der Waals surface area (Å²) in [5, 5.41) is 8.51. The van der Waals surface area contributed by atoms with Crippen molar-refractivity contribution in [3.63, 3.8) is 0 Å². The Balaban J connectivity index is 1.53. The number of amides is 1. The summed E-state index contributed by atoms with van der Waals surface area (Å²) in [6.45, 7) is 1.67. The molecule has 152 valence electrons. The fraction of sp³-hybridized carbons (Fsp3) is 0.318. The van der Waals surface area contributed by atoms with Gasteiger partial charge in [0.05, 0.1) is 6.21 Å². The van der Waals surface area contributed by atoms with Gasteiger partial charge in [-0.25, -0.2) is 0 Å². The predicted molar refractivity (Wildman–Crippen MR) is 119 cm³/mol. The molecule has 0 aromatic heterocycles. The second-order valence-corrected chi connectivity index (χ2v) is 7.72. The van der Waals surface area contributed by atoms with E-state index in [0.29, 0.717) is 10.9 Å². The molecule has 0 aliphatic carbocycles. The molecule has 0 bridgehead atoms. The van der Waals surface area contributed by atoms with Gasteiger partial charge in [-0.15, -0.1) is 5.10 Å². The number of ether oxygens (including phenoxy) is 1. The van der Waals surface area contributed by atoms with Crippen molar-refractivity contribution >= 4 is 29.1 Å². The van der Waals surface area contributed by atoms with Gasteiger partial charge in [0.2, 0.25) is 0 Å². The van der Waals surface area contributed by atoms with Crippen LogP contribution in [0.25, 0.3) is 0 Å². The molecule has 6 nitrogen and oxygen atoms in total. The summed E-state index contributed by atoms with van der Waals surface area (Å²) in [4.78, 5) is 14.2. The Labute approximate surface area is 175 Å². The average Bonchev–Trinajstić information content (AvgIpc) is 2.78. The molecule has 1 amide bonds. The van der Waals surface area contributed by atoms with Gasteiger partial charge < -0.3 is 15.4 Å². The zero-order valence-corrected chi connectivity index (χ0v) is 17.2. The Morgan fingerprint density at radius 2 is 1.79 bits per heavy atom. The van der Waals surface area contributed by atoms with Crippen molar-refractivity contribution in [3.8, 4) is 5.75 Å². The molecule has 1 saturated heterocycles. The maximum Gasteiger partial charge on any atom is 0.260 e. The summed E-state index contributed by atoms with van der Waals surface area (Å²) in [5.74, 6) is 1.37. The van der Waals surface area contributed by atoms with E-state index in [1.165, 1.54) is 23.7 Å². The third-order valence-electron chi connectivity index (χ3n) is 4.56. The number of carbonyl (C=O) groups is 1. The molecule has 0 saturated carbocycles. The van der Waals surface area contributed by atoms with Gasteiger partial charge in [0, 0.05) is 24.4 Å². The van der Waals surface area contributed by atoms with Crippen LogP contribution >= 0.6 is 11.8 Å². The molecule has 1 aliphatic rings. The molecular weight excluding hydrogens is 384 g/mol. The van der Waals surface area contributed by atoms with Crippen LogP contribution in [0.2, 0.25) is 0 Å². The van der Waals surface area contributed by atoms with Crippen LogP contribution in [0.3, 0.4) is 0 Å². The van der Waals surface area contributed by atoms with Crippen LogP contribution in [0, 0.1) is 0 Å². The van der Waals surface area contributed by atoms with Crippen LogP contribution in [0.1, 0.15) is 30.4 Å². The standard InChI is InChI=1S/C22H26N4O2S/c23-22(29-17-18-9-3-1-4-10-18)25-24-15-19-11-5-6-12-20(19)28-16-21(27)26-13-7-2-8-14-26/h1,3-6,9-12,15H,2,7-8,13-14,16-17H2,(H2,23,25). The smallest absolute Gasteiger partial charge is 0.260 e. The molecule has 29 heavy (non-hydrogen) atoms. The van der Waals surface area contributed by atoms with Gasteiger partial charge in [-0.2, -0.15) is 5.10 Å². The lowest BCUT2D eigenvalue weighted by Gasteiger charge is -2.26. The fourth-order valence-electron chi connectivity index (χ4n) is 3.00. The topological polar surface area (TPSA) is 80.3 Å². The van der Waals surface area contributed by atoms with E-state index >= 15 is 0 Å². The molecule has 2 N–H and O–H groups in total. The Morgan fingerprint density at radius 1 is 1.07 bits per heavy atom. The number of carbonyl (C=O) groups excluding carboxylic acids is 1. The number of likely N-dealkylation sites (tertiary alicyclic amines) is 1. The average molecular weight is 411 g/mol. The maximum absolute atomic E-state index is 12.3. The quantitative estimate of drug-likeness (QED) is 0.429. The molecule has 0 unspecified atom stereocenters. The van der Waals surface area contributed by atoms with Crippen molar-refractivity contribution in [2.24, 2.45) is 15.9 Å². The molecule has 0 radical (unpaired) electrons. The summed E-state index contributed by atoms with van der Waals surface area (Å²) < 4.78 is 5.75. The summed E-state index contributed by atoms with van der Waals surface area (Å²) in [6, 6.07) is 17.5. The van der Waals surface area contributed by atoms with Gasteiger partial charge in [-0.1, -0.05) is 54.2 Å². The summed E-state index contributed by atoms with van der Waals surface area (Å²) in [6.07, 6.45) is 4.92. The van der Waals surface area contributed by atoms with Gasteiger partial charge in [0.15, 0.2) is 11.8 Å². The van der Waals surface area contributed by atoms with E-state index in [9.17, 15) is 4.79 Å². The Bertz CT molecular complexity index is 849. The first kappa shape index (κ1) is 20.9. The zero-order chi connectivity index (χ0) is 20.3. The maximum atomic E-state index is 12.3. The van der Waals surface area contributed by atoms with Crippen molar-refractivity contribution < 1.29 is 9.53 Å². The monoisotopic (exact) mass is 410 g/mol. The number of nitrogens with zero attached hydrogens (tertiary/aromatic N) is 3. The van der Waals surface area contributed by atoms with Crippen molar-refractivity contribution in [1.82, 2.24) is 4.90 Å². The van der Waals surface area contributed by atoms with E-state index in [0.717, 1.165) is 37.2 Å². The van der Waals surface area contributed by atoms with Crippen LogP contribution < -0.4 is 10.5 Å². The minimum Gasteiger partial charge on any atom is -0.483 e. The van der Waals surface area contributed by atoms with E-state index < -0.39 is 0 Å². The largest absolute Gasteiger partial charge is 0.483 e. The summed E-state index contributed by atoms with van der Waals surface area (Å²) in [5.41, 5.74) is 7.85. The van der Waals surface area contributed by atoms with E-state index in [2.05, 4.69) is 10.2 Å². The number of para-hydroxylation sites is 1. The number of benzene rings is 2. The van der Waals surface area contributed by atoms with Crippen LogP contribution in [0.15, 0.2) is 64.8 Å². The SMILES string of the molecule is NC(=NN=Cc1ccccc1OCC(=O)N1CCCCC1)SCc1ccccc1. The molecule has 1 heterocycles. The van der Waals surface area contributed by atoms with Gasteiger partial charge in [0.25, 0.3) is 5.91 Å². The Hall–Kier alpha value is -2.80. The molecule has 0 spiro atoms. The highest BCUT2D eigenvalue weighted by molar-refractivity contribution is 8.13. The van der Waals surface area contributed by atoms with Crippen molar-refractivity contribution in [2.45, 2.75) is 25.0 Å². The third-order valence-corrected chi connectivity index (χ3v) is 5.42. The van der Waals surface area contributed by atoms with Crippen LogP contribution in [-0.4, -0.2) is 41.9 Å². The lowest BCUT2D eigenvalue weighted by molar-refractivity contribution is -0.134. The molecular formula is C22H26N4O2S. The first-order valence-corrected chi connectivity index (χ1v) is 10.7. The van der Waals surface area contributed by atoms with E-state index in [1.54, 1.807) is 6.21 Å². The normalized spacial score (nSPS) is 14.9. The van der Waals surface area contributed by atoms with Gasteiger partial charge in [-0.3, -0.25) is 4.79 Å². The number of hydrogen-bond donors (Lipinski definition) is 1. The van der Waals surface area contributed by atoms with E-state index in [1.807, 2.05) is 59.5 Å². The third kappa shape index (κ3) is 6.94. The number of nitrogens with two attached hydrogens (primary N) is 1. The number of thioether (sulfide) groups is 1. The summed E-state index contributed by atoms with van der Waals surface area (Å²) >= 11 is 1.43. The molecule has 0 atom stereocenters.